The van der Waals surface area contributed by atoms with Gasteiger partial charge in [-0.1, -0.05) is 32.4 Å². The third-order valence-corrected chi connectivity index (χ3v) is 3.35. The molecule has 0 unspecified atom stereocenters. The number of hydrogen-bond donors (Lipinski definition) is 4. The molecule has 0 saturated carbocycles. The molecule has 2 rings (SSSR count). The highest BCUT2D eigenvalue weighted by molar-refractivity contribution is 7.85. The number of hydrogen-bond acceptors (Lipinski definition) is 5. The van der Waals surface area contributed by atoms with Crippen LogP contribution in [0.1, 0.15) is 31.7 Å². The van der Waals surface area contributed by atoms with E-state index in [1.165, 1.54) is 11.8 Å². The number of thiocyanates is 1. The van der Waals surface area contributed by atoms with Crippen LogP contribution in [0.2, 0.25) is 0 Å². The number of H-pyrrole nitrogens is 1. The van der Waals surface area contributed by atoms with Crippen LogP contribution < -0.4 is 15.9 Å². The monoisotopic (exact) mass is 360 g/mol. The van der Waals surface area contributed by atoms with Crippen molar-refractivity contribution in [2.45, 2.75) is 26.2 Å². The molecule has 0 radical (unpaired) electrons. The molecule has 0 amide bonds. The van der Waals surface area contributed by atoms with Crippen molar-refractivity contribution in [3.05, 3.63) is 30.0 Å². The van der Waals surface area contributed by atoms with Crippen molar-refractivity contribution in [3.63, 3.8) is 0 Å². The molecule has 7 nitrogen and oxygen atoms in total. The van der Waals surface area contributed by atoms with Crippen LogP contribution in [0.5, 0.6) is 5.75 Å². The Balaban J connectivity index is 0.000000970. The van der Waals surface area contributed by atoms with E-state index in [4.69, 9.17) is 15.7 Å². The summed E-state index contributed by atoms with van der Waals surface area (Å²) in [5.41, 5.74) is 10.5. The maximum absolute atomic E-state index is 7.18. The molecule has 0 atom stereocenters. The number of ether oxygens (including phenoxy) is 1. The SMILES string of the molecule is CCCCCN=C(N)N/N=C/c1c[nH]c2ccc(OC)cc12.N#CS. The highest BCUT2D eigenvalue weighted by atomic mass is 32.1. The Kier molecular flexibility index (Phi) is 9.63. The van der Waals surface area contributed by atoms with E-state index in [9.17, 15) is 0 Å². The minimum atomic E-state index is 0.338. The van der Waals surface area contributed by atoms with Crippen LogP contribution in [0.3, 0.4) is 0 Å². The number of nitrogens with one attached hydrogen (secondary N) is 2. The summed E-state index contributed by atoms with van der Waals surface area (Å²) in [6, 6.07) is 5.86. The van der Waals surface area contributed by atoms with Gasteiger partial charge >= 0.3 is 0 Å². The summed E-state index contributed by atoms with van der Waals surface area (Å²) in [6.07, 6.45) is 6.99. The van der Waals surface area contributed by atoms with E-state index in [0.29, 0.717) is 5.96 Å². The van der Waals surface area contributed by atoms with Gasteiger partial charge in [0.25, 0.3) is 0 Å². The quantitative estimate of drug-likeness (QED) is 0.152. The molecular weight excluding hydrogens is 336 g/mol. The number of aromatic nitrogens is 1. The number of thiol groups is 1. The Morgan fingerprint density at radius 1 is 1.48 bits per heavy atom. The molecule has 0 spiro atoms. The van der Waals surface area contributed by atoms with Crippen LogP contribution in [0.15, 0.2) is 34.5 Å². The van der Waals surface area contributed by atoms with E-state index in [2.05, 4.69) is 40.1 Å². The zero-order valence-electron chi connectivity index (χ0n) is 14.5. The van der Waals surface area contributed by atoms with Gasteiger partial charge in [-0.05, 0) is 24.6 Å². The van der Waals surface area contributed by atoms with Crippen molar-refractivity contribution in [2.75, 3.05) is 13.7 Å². The Morgan fingerprint density at radius 2 is 2.24 bits per heavy atom. The number of hydrazone groups is 1. The highest BCUT2D eigenvalue weighted by Gasteiger charge is 2.03. The largest absolute Gasteiger partial charge is 0.497 e. The van der Waals surface area contributed by atoms with Gasteiger partial charge in [0.2, 0.25) is 5.96 Å². The molecule has 0 aliphatic carbocycles. The fourth-order valence-corrected chi connectivity index (χ4v) is 2.12. The molecule has 0 fully saturated rings. The van der Waals surface area contributed by atoms with Crippen LogP contribution in [-0.4, -0.2) is 30.8 Å². The standard InChI is InChI=1S/C16H23N5O.CHNS/c1-3-4-5-8-18-16(17)21-20-11-12-10-19-15-7-6-13(22-2)9-14(12)15;2-1-3/h6-7,9-11,19H,3-5,8H2,1-2H3,(H3,17,18,21);3H/b20-11+;. The molecule has 0 aliphatic heterocycles. The minimum absolute atomic E-state index is 0.338. The van der Waals surface area contributed by atoms with E-state index in [1.54, 1.807) is 13.3 Å². The van der Waals surface area contributed by atoms with E-state index in [1.807, 2.05) is 24.4 Å². The zero-order valence-corrected chi connectivity index (χ0v) is 15.4. The minimum Gasteiger partial charge on any atom is -0.497 e. The van der Waals surface area contributed by atoms with Gasteiger partial charge in [0.1, 0.15) is 11.2 Å². The second-order valence-corrected chi connectivity index (χ2v) is 5.30. The maximum Gasteiger partial charge on any atom is 0.209 e. The summed E-state index contributed by atoms with van der Waals surface area (Å²) in [7, 11) is 1.65. The summed E-state index contributed by atoms with van der Waals surface area (Å²) in [5, 5.41) is 13.8. The molecule has 1 aromatic heterocycles. The van der Waals surface area contributed by atoms with Crippen molar-refractivity contribution >= 4 is 35.7 Å². The number of aliphatic imine (C=N–C) groups is 1. The lowest BCUT2D eigenvalue weighted by Crippen LogP contribution is -2.27. The number of aromatic amines is 1. The maximum atomic E-state index is 7.18. The van der Waals surface area contributed by atoms with Gasteiger partial charge in [-0.25, -0.2) is 5.43 Å². The van der Waals surface area contributed by atoms with Gasteiger partial charge in [0.05, 0.1) is 13.3 Å². The molecular formula is C17H24N6OS. The lowest BCUT2D eigenvalue weighted by atomic mass is 10.2. The van der Waals surface area contributed by atoms with E-state index in [0.717, 1.165) is 41.6 Å². The number of guanidine groups is 1. The molecule has 2 aromatic rings. The Morgan fingerprint density at radius 3 is 2.92 bits per heavy atom. The van der Waals surface area contributed by atoms with Crippen LogP contribution in [0.25, 0.3) is 10.9 Å². The Bertz CT molecular complexity index is 747. The number of nitriles is 1. The average molecular weight is 360 g/mol. The van der Waals surface area contributed by atoms with Crippen molar-refractivity contribution in [1.82, 2.24) is 10.4 Å². The number of nitrogens with zero attached hydrogens (tertiary/aromatic N) is 3. The Labute approximate surface area is 153 Å². The molecule has 25 heavy (non-hydrogen) atoms. The van der Waals surface area contributed by atoms with Crippen LogP contribution in [-0.2, 0) is 0 Å². The molecule has 1 heterocycles. The van der Waals surface area contributed by atoms with Gasteiger partial charge in [-0.15, -0.1) is 0 Å². The number of benzene rings is 1. The number of unbranched alkanes of at least 4 members (excludes halogenated alkanes) is 2. The van der Waals surface area contributed by atoms with Gasteiger partial charge in [-0.3, -0.25) is 4.99 Å². The van der Waals surface area contributed by atoms with Crippen LogP contribution in [0, 0.1) is 10.7 Å². The third-order valence-electron chi connectivity index (χ3n) is 3.35. The summed E-state index contributed by atoms with van der Waals surface area (Å²) in [5.74, 6) is 1.15. The van der Waals surface area contributed by atoms with Gasteiger partial charge < -0.3 is 15.5 Å². The fraction of sp³-hybridized carbons (Fsp3) is 0.353. The first-order chi connectivity index (χ1) is 12.2. The summed E-state index contributed by atoms with van der Waals surface area (Å²) >= 11 is 3.09. The van der Waals surface area contributed by atoms with Crippen LogP contribution >= 0.6 is 12.6 Å². The average Bonchev–Trinajstić information content (AvgIpc) is 3.02. The first kappa shape index (κ1) is 20.4. The molecule has 0 saturated heterocycles. The zero-order chi connectivity index (χ0) is 18.5. The number of fused-ring (bicyclic) bond motifs is 1. The fourth-order valence-electron chi connectivity index (χ4n) is 2.12. The van der Waals surface area contributed by atoms with E-state index in [-0.39, 0.29) is 0 Å². The molecule has 0 bridgehead atoms. The third kappa shape index (κ3) is 7.18. The van der Waals surface area contributed by atoms with Crippen molar-refractivity contribution in [2.24, 2.45) is 15.8 Å². The molecule has 0 aliphatic rings. The highest BCUT2D eigenvalue weighted by Crippen LogP contribution is 2.22. The van der Waals surface area contributed by atoms with Gasteiger partial charge in [-0.2, -0.15) is 10.4 Å². The topological polar surface area (TPSA) is 112 Å². The second kappa shape index (κ2) is 11.8. The summed E-state index contributed by atoms with van der Waals surface area (Å²) < 4.78 is 5.24. The first-order valence-electron chi connectivity index (χ1n) is 7.93. The van der Waals surface area contributed by atoms with E-state index >= 15 is 0 Å². The molecule has 8 heteroatoms. The first-order valence-corrected chi connectivity index (χ1v) is 8.38. The predicted molar refractivity (Wildman–Crippen MR) is 106 cm³/mol. The number of rotatable bonds is 7. The van der Waals surface area contributed by atoms with Crippen LogP contribution in [0.4, 0.5) is 0 Å². The second-order valence-electron chi connectivity index (χ2n) is 5.10. The van der Waals surface area contributed by atoms with Crippen molar-refractivity contribution < 1.29 is 4.74 Å². The smallest absolute Gasteiger partial charge is 0.209 e. The number of nitrogens with two attached hydrogens (primary N) is 1. The normalized spacial score (nSPS) is 11.0. The van der Waals surface area contributed by atoms with Gasteiger partial charge in [0, 0.05) is 29.2 Å². The lowest BCUT2D eigenvalue weighted by molar-refractivity contribution is 0.415. The lowest BCUT2D eigenvalue weighted by Gasteiger charge is -2.00. The van der Waals surface area contributed by atoms with Crippen molar-refractivity contribution in [3.8, 4) is 11.2 Å². The Hall–Kier alpha value is -2.66. The van der Waals surface area contributed by atoms with Crippen molar-refractivity contribution in [1.29, 1.82) is 5.26 Å². The molecule has 1 aromatic carbocycles. The summed E-state index contributed by atoms with van der Waals surface area (Å²) in [4.78, 5) is 7.40. The molecule has 4 N–H and O–H groups in total. The van der Waals surface area contributed by atoms with Gasteiger partial charge in [0.15, 0.2) is 0 Å². The summed E-state index contributed by atoms with van der Waals surface area (Å²) in [6.45, 7) is 2.89. The predicted octanol–water partition coefficient (Wildman–Crippen LogP) is 3.00. The van der Waals surface area contributed by atoms with E-state index < -0.39 is 0 Å². The molecule has 134 valence electrons. The number of methoxy groups -OCH3 is 1.